The van der Waals surface area contributed by atoms with Crippen molar-refractivity contribution in [2.45, 2.75) is 13.5 Å². The first-order valence-corrected chi connectivity index (χ1v) is 9.40. The van der Waals surface area contributed by atoms with Gasteiger partial charge in [0.15, 0.2) is 0 Å². The molecule has 0 spiro atoms. The van der Waals surface area contributed by atoms with Crippen LogP contribution in [0.25, 0.3) is 28.0 Å². The van der Waals surface area contributed by atoms with Crippen molar-refractivity contribution in [1.29, 1.82) is 0 Å². The predicted molar refractivity (Wildman–Crippen MR) is 112 cm³/mol. The average Bonchev–Trinajstić information content (AvgIpc) is 3.36. The molecule has 6 nitrogen and oxygen atoms in total. The molecule has 142 valence electrons. The van der Waals surface area contributed by atoms with E-state index in [1.807, 2.05) is 48.1 Å². The maximum Gasteiger partial charge on any atom is 0.117 e. The molecule has 0 radical (unpaired) electrons. The number of phenolic OH excluding ortho intramolecular Hbond substituents is 1. The topological polar surface area (TPSA) is 68.8 Å². The zero-order valence-electron chi connectivity index (χ0n) is 15.9. The Bertz CT molecular complexity index is 1300. The Morgan fingerprint density at radius 1 is 0.931 bits per heavy atom. The van der Waals surface area contributed by atoms with Gasteiger partial charge in [-0.15, -0.1) is 5.10 Å². The normalized spacial score (nSPS) is 11.2. The summed E-state index contributed by atoms with van der Waals surface area (Å²) in [5.74, 6) is 0.194. The second kappa shape index (κ2) is 6.91. The van der Waals surface area contributed by atoms with Gasteiger partial charge >= 0.3 is 0 Å². The molecule has 0 aliphatic carbocycles. The number of aromatic nitrogens is 5. The van der Waals surface area contributed by atoms with Crippen molar-refractivity contribution in [3.63, 3.8) is 0 Å². The maximum atomic E-state index is 9.85. The monoisotopic (exact) mass is 381 g/mol. The second-order valence-corrected chi connectivity index (χ2v) is 7.04. The van der Waals surface area contributed by atoms with Crippen LogP contribution in [0.15, 0.2) is 79.0 Å². The number of nitrogens with zero attached hydrogens (tertiary/aromatic N) is 5. The van der Waals surface area contributed by atoms with Crippen LogP contribution in [0.3, 0.4) is 0 Å². The van der Waals surface area contributed by atoms with Crippen molar-refractivity contribution in [1.82, 2.24) is 24.8 Å². The summed E-state index contributed by atoms with van der Waals surface area (Å²) in [6, 6.07) is 23.5. The quantitative estimate of drug-likeness (QED) is 0.503. The number of aromatic hydroxyl groups is 1. The molecule has 0 saturated heterocycles. The van der Waals surface area contributed by atoms with E-state index in [0.29, 0.717) is 6.54 Å². The standard InChI is InChI=1S/C23H19N5O/c1-16-12-18(21-10-11-24-27(21)15-17-6-3-2-4-7-17)13-22-23(16)25-26-28(22)19-8-5-9-20(29)14-19/h2-14,29H,15H2,1H3. The molecule has 29 heavy (non-hydrogen) atoms. The number of hydrogen-bond donors (Lipinski definition) is 1. The first kappa shape index (κ1) is 17.2. The molecule has 0 amide bonds. The Labute approximate surface area is 167 Å². The molecule has 6 heteroatoms. The van der Waals surface area contributed by atoms with Crippen LogP contribution >= 0.6 is 0 Å². The lowest BCUT2D eigenvalue weighted by Gasteiger charge is -2.10. The van der Waals surface area contributed by atoms with Crippen LogP contribution in [0.2, 0.25) is 0 Å². The van der Waals surface area contributed by atoms with Gasteiger partial charge in [0, 0.05) is 17.8 Å². The molecule has 0 aliphatic heterocycles. The minimum atomic E-state index is 0.194. The lowest BCUT2D eigenvalue weighted by atomic mass is 10.1. The summed E-state index contributed by atoms with van der Waals surface area (Å²) in [5, 5.41) is 23.0. The fourth-order valence-electron chi connectivity index (χ4n) is 3.61. The van der Waals surface area contributed by atoms with Gasteiger partial charge in [0.1, 0.15) is 11.3 Å². The molecule has 1 N–H and O–H groups in total. The summed E-state index contributed by atoms with van der Waals surface area (Å²) in [4.78, 5) is 0. The smallest absolute Gasteiger partial charge is 0.117 e. The van der Waals surface area contributed by atoms with Gasteiger partial charge in [-0.05, 0) is 48.4 Å². The Morgan fingerprint density at radius 2 is 1.79 bits per heavy atom. The van der Waals surface area contributed by atoms with Gasteiger partial charge in [-0.3, -0.25) is 4.68 Å². The molecule has 2 heterocycles. The molecule has 3 aromatic carbocycles. The molecule has 0 fully saturated rings. The van der Waals surface area contributed by atoms with Crippen molar-refractivity contribution in [2.75, 3.05) is 0 Å². The van der Waals surface area contributed by atoms with Crippen LogP contribution in [0.1, 0.15) is 11.1 Å². The summed E-state index contributed by atoms with van der Waals surface area (Å²) in [6.45, 7) is 2.73. The van der Waals surface area contributed by atoms with Crippen molar-refractivity contribution in [3.05, 3.63) is 90.1 Å². The van der Waals surface area contributed by atoms with E-state index in [4.69, 9.17) is 0 Å². The van der Waals surface area contributed by atoms with Crippen molar-refractivity contribution in [2.24, 2.45) is 0 Å². The molecule has 0 atom stereocenters. The van der Waals surface area contributed by atoms with E-state index in [2.05, 4.69) is 39.7 Å². The van der Waals surface area contributed by atoms with E-state index in [9.17, 15) is 5.11 Å². The molecule has 0 saturated carbocycles. The third-order valence-corrected chi connectivity index (χ3v) is 5.00. The lowest BCUT2D eigenvalue weighted by Crippen LogP contribution is -2.04. The van der Waals surface area contributed by atoms with E-state index in [-0.39, 0.29) is 5.75 Å². The minimum absolute atomic E-state index is 0.194. The highest BCUT2D eigenvalue weighted by Gasteiger charge is 2.14. The van der Waals surface area contributed by atoms with Crippen LogP contribution < -0.4 is 0 Å². The Hall–Kier alpha value is -3.93. The summed E-state index contributed by atoms with van der Waals surface area (Å²) < 4.78 is 3.75. The summed E-state index contributed by atoms with van der Waals surface area (Å²) >= 11 is 0. The number of phenols is 1. The van der Waals surface area contributed by atoms with Gasteiger partial charge in [-0.2, -0.15) is 5.10 Å². The van der Waals surface area contributed by atoms with Gasteiger partial charge in [-0.1, -0.05) is 41.6 Å². The minimum Gasteiger partial charge on any atom is -0.508 e. The summed E-state index contributed by atoms with van der Waals surface area (Å²) in [7, 11) is 0. The molecule has 0 aliphatic rings. The van der Waals surface area contributed by atoms with Crippen molar-refractivity contribution in [3.8, 4) is 22.7 Å². The van der Waals surface area contributed by atoms with Crippen molar-refractivity contribution >= 4 is 11.0 Å². The number of hydrogen-bond acceptors (Lipinski definition) is 4. The number of fused-ring (bicyclic) bond motifs is 1. The Kier molecular flexibility index (Phi) is 4.09. The Morgan fingerprint density at radius 3 is 2.62 bits per heavy atom. The summed E-state index contributed by atoms with van der Waals surface area (Å²) in [5.41, 5.74) is 6.80. The highest BCUT2D eigenvalue weighted by Crippen LogP contribution is 2.28. The molecule has 0 unspecified atom stereocenters. The van der Waals surface area contributed by atoms with E-state index in [1.54, 1.807) is 22.9 Å². The SMILES string of the molecule is Cc1cc(-c2ccnn2Cc2ccccc2)cc2c1nnn2-c1cccc(O)c1. The zero-order valence-corrected chi connectivity index (χ0v) is 15.9. The van der Waals surface area contributed by atoms with Gasteiger partial charge in [0.2, 0.25) is 0 Å². The van der Waals surface area contributed by atoms with Crippen LogP contribution in [0.4, 0.5) is 0 Å². The number of aryl methyl sites for hydroxylation is 1. The second-order valence-electron chi connectivity index (χ2n) is 7.04. The molecule has 2 aromatic heterocycles. The van der Waals surface area contributed by atoms with Crippen LogP contribution in [0, 0.1) is 6.92 Å². The largest absolute Gasteiger partial charge is 0.508 e. The molecule has 5 rings (SSSR count). The van der Waals surface area contributed by atoms with Crippen LogP contribution in [-0.2, 0) is 6.54 Å². The zero-order chi connectivity index (χ0) is 19.8. The van der Waals surface area contributed by atoms with Crippen molar-refractivity contribution < 1.29 is 5.11 Å². The molecular weight excluding hydrogens is 362 g/mol. The van der Waals surface area contributed by atoms with Crippen LogP contribution in [0.5, 0.6) is 5.75 Å². The fourth-order valence-corrected chi connectivity index (χ4v) is 3.61. The van der Waals surface area contributed by atoms with E-state index < -0.39 is 0 Å². The predicted octanol–water partition coefficient (Wildman–Crippen LogP) is 4.35. The van der Waals surface area contributed by atoms with E-state index >= 15 is 0 Å². The van der Waals surface area contributed by atoms with Gasteiger partial charge in [0.05, 0.1) is 23.4 Å². The fraction of sp³-hybridized carbons (Fsp3) is 0.0870. The first-order chi connectivity index (χ1) is 14.2. The molecular formula is C23H19N5O. The number of benzene rings is 3. The highest BCUT2D eigenvalue weighted by atomic mass is 16.3. The molecule has 0 bridgehead atoms. The third-order valence-electron chi connectivity index (χ3n) is 5.00. The highest BCUT2D eigenvalue weighted by molar-refractivity contribution is 5.85. The average molecular weight is 381 g/mol. The molecule has 5 aromatic rings. The van der Waals surface area contributed by atoms with E-state index in [1.165, 1.54) is 5.56 Å². The van der Waals surface area contributed by atoms with Gasteiger partial charge < -0.3 is 5.11 Å². The Balaban J connectivity index is 1.62. The first-order valence-electron chi connectivity index (χ1n) is 9.40. The number of rotatable bonds is 4. The lowest BCUT2D eigenvalue weighted by molar-refractivity contribution is 0.475. The summed E-state index contributed by atoms with van der Waals surface area (Å²) in [6.07, 6.45) is 1.82. The van der Waals surface area contributed by atoms with Crippen LogP contribution in [-0.4, -0.2) is 29.9 Å². The van der Waals surface area contributed by atoms with Gasteiger partial charge in [-0.25, -0.2) is 4.68 Å². The van der Waals surface area contributed by atoms with Gasteiger partial charge in [0.25, 0.3) is 0 Å². The third kappa shape index (κ3) is 3.14. The maximum absolute atomic E-state index is 9.85. The van der Waals surface area contributed by atoms with E-state index in [0.717, 1.165) is 33.5 Å².